The van der Waals surface area contributed by atoms with Crippen LogP contribution in [0.1, 0.15) is 44.1 Å². The summed E-state index contributed by atoms with van der Waals surface area (Å²) in [4.78, 5) is 0. The van der Waals surface area contributed by atoms with Crippen LogP contribution in [0.15, 0.2) is 0 Å². The lowest BCUT2D eigenvalue weighted by atomic mass is 9.76. The molecule has 1 N–H and O–H groups in total. The summed E-state index contributed by atoms with van der Waals surface area (Å²) in [5.41, 5.74) is 4.63. The van der Waals surface area contributed by atoms with Crippen LogP contribution in [-0.4, -0.2) is 10.2 Å². The second-order valence-electron chi connectivity index (χ2n) is 4.82. The summed E-state index contributed by atoms with van der Waals surface area (Å²) in [5.74, 6) is 0. The fraction of sp³-hybridized carbons (Fsp3) is 0.727. The van der Waals surface area contributed by atoms with Gasteiger partial charge in [-0.15, -0.1) is 0 Å². The van der Waals surface area contributed by atoms with Crippen LogP contribution in [0, 0.1) is 5.41 Å². The number of aromatic nitrogens is 2. The molecule has 0 saturated heterocycles. The molecular weight excluding hydrogens is 160 g/mol. The number of nitrogens with one attached hydrogen (secondary N) is 1. The molecule has 0 radical (unpaired) electrons. The summed E-state index contributed by atoms with van der Waals surface area (Å²) < 4.78 is 0. The number of hydrogen-bond donors (Lipinski definition) is 1. The SMILES string of the molecule is CCc1n[nH]c2c1CCC(C)(C)C2. The normalized spacial score (nSPS) is 19.9. The average molecular weight is 178 g/mol. The van der Waals surface area contributed by atoms with Crippen LogP contribution in [0.25, 0.3) is 0 Å². The molecule has 0 bridgehead atoms. The highest BCUT2D eigenvalue weighted by atomic mass is 15.1. The second-order valence-corrected chi connectivity index (χ2v) is 4.82. The molecule has 0 unspecified atom stereocenters. The number of hydrogen-bond acceptors (Lipinski definition) is 1. The fourth-order valence-corrected chi connectivity index (χ4v) is 2.21. The van der Waals surface area contributed by atoms with Crippen molar-refractivity contribution in [3.63, 3.8) is 0 Å². The molecule has 1 aliphatic carbocycles. The van der Waals surface area contributed by atoms with Crippen molar-refractivity contribution in [1.29, 1.82) is 0 Å². The molecule has 0 aromatic carbocycles. The van der Waals surface area contributed by atoms with E-state index in [1.54, 1.807) is 0 Å². The minimum Gasteiger partial charge on any atom is -0.282 e. The second kappa shape index (κ2) is 2.86. The van der Waals surface area contributed by atoms with Gasteiger partial charge in [0.1, 0.15) is 0 Å². The zero-order chi connectivity index (χ0) is 9.47. The van der Waals surface area contributed by atoms with E-state index in [9.17, 15) is 0 Å². The Morgan fingerprint density at radius 3 is 2.92 bits per heavy atom. The van der Waals surface area contributed by atoms with Gasteiger partial charge < -0.3 is 0 Å². The number of fused-ring (bicyclic) bond motifs is 1. The van der Waals surface area contributed by atoms with Crippen molar-refractivity contribution in [2.24, 2.45) is 5.41 Å². The van der Waals surface area contributed by atoms with Gasteiger partial charge in [-0.25, -0.2) is 0 Å². The first-order valence-corrected chi connectivity index (χ1v) is 5.17. The first-order chi connectivity index (χ1) is 6.12. The molecule has 0 atom stereocenters. The monoisotopic (exact) mass is 178 g/mol. The lowest BCUT2D eigenvalue weighted by Gasteiger charge is -2.29. The summed E-state index contributed by atoms with van der Waals surface area (Å²) in [5, 5.41) is 7.54. The summed E-state index contributed by atoms with van der Waals surface area (Å²) >= 11 is 0. The Hall–Kier alpha value is -0.790. The summed E-state index contributed by atoms with van der Waals surface area (Å²) in [6, 6.07) is 0. The molecule has 0 aliphatic heterocycles. The van der Waals surface area contributed by atoms with Crippen LogP contribution >= 0.6 is 0 Å². The van der Waals surface area contributed by atoms with E-state index in [4.69, 9.17) is 0 Å². The lowest BCUT2D eigenvalue weighted by Crippen LogP contribution is -2.22. The van der Waals surface area contributed by atoms with Gasteiger partial charge in [0, 0.05) is 5.69 Å². The molecule has 0 saturated carbocycles. The molecule has 1 aromatic heterocycles. The average Bonchev–Trinajstić information content (AvgIpc) is 2.44. The van der Waals surface area contributed by atoms with Gasteiger partial charge in [-0.3, -0.25) is 5.10 Å². The Balaban J connectivity index is 2.33. The minimum atomic E-state index is 0.463. The number of aromatic amines is 1. The third-order valence-corrected chi connectivity index (χ3v) is 3.08. The van der Waals surface area contributed by atoms with E-state index in [1.807, 2.05) is 0 Å². The zero-order valence-corrected chi connectivity index (χ0v) is 8.78. The van der Waals surface area contributed by atoms with Crippen LogP contribution in [0.3, 0.4) is 0 Å². The van der Waals surface area contributed by atoms with Crippen molar-refractivity contribution in [3.05, 3.63) is 17.0 Å². The van der Waals surface area contributed by atoms with Gasteiger partial charge >= 0.3 is 0 Å². The molecular formula is C11H18N2. The Bertz CT molecular complexity index is 310. The molecule has 2 rings (SSSR count). The van der Waals surface area contributed by atoms with Gasteiger partial charge in [-0.1, -0.05) is 20.8 Å². The molecule has 13 heavy (non-hydrogen) atoms. The molecule has 0 spiro atoms. The summed E-state index contributed by atoms with van der Waals surface area (Å²) in [6.07, 6.45) is 4.73. The van der Waals surface area contributed by atoms with Crippen molar-refractivity contribution in [1.82, 2.24) is 10.2 Å². The topological polar surface area (TPSA) is 28.7 Å². The van der Waals surface area contributed by atoms with E-state index in [-0.39, 0.29) is 0 Å². The van der Waals surface area contributed by atoms with E-state index in [1.165, 1.54) is 29.8 Å². The first-order valence-electron chi connectivity index (χ1n) is 5.17. The molecule has 72 valence electrons. The van der Waals surface area contributed by atoms with Gasteiger partial charge in [-0.05, 0) is 36.7 Å². The van der Waals surface area contributed by atoms with Crippen molar-refractivity contribution in [2.75, 3.05) is 0 Å². The molecule has 1 aromatic rings. The number of rotatable bonds is 1. The Kier molecular flexibility index (Phi) is 1.94. The van der Waals surface area contributed by atoms with E-state index in [0.717, 1.165) is 12.8 Å². The van der Waals surface area contributed by atoms with E-state index in [0.29, 0.717) is 5.41 Å². The molecule has 1 heterocycles. The Morgan fingerprint density at radius 2 is 2.23 bits per heavy atom. The highest BCUT2D eigenvalue weighted by Crippen LogP contribution is 2.34. The van der Waals surface area contributed by atoms with Gasteiger partial charge in [0.2, 0.25) is 0 Å². The third kappa shape index (κ3) is 1.50. The van der Waals surface area contributed by atoms with Gasteiger partial charge in [0.15, 0.2) is 0 Å². The maximum Gasteiger partial charge on any atom is 0.0654 e. The number of nitrogens with zero attached hydrogens (tertiary/aromatic N) is 1. The number of aryl methyl sites for hydroxylation is 1. The molecule has 2 nitrogen and oxygen atoms in total. The first kappa shape index (κ1) is 8.79. The van der Waals surface area contributed by atoms with Crippen LogP contribution in [-0.2, 0) is 19.3 Å². The summed E-state index contributed by atoms with van der Waals surface area (Å²) in [7, 11) is 0. The maximum atomic E-state index is 4.36. The van der Waals surface area contributed by atoms with Crippen molar-refractivity contribution < 1.29 is 0 Å². The molecule has 0 fully saturated rings. The quantitative estimate of drug-likeness (QED) is 0.703. The predicted octanol–water partition coefficient (Wildman–Crippen LogP) is 2.49. The van der Waals surface area contributed by atoms with Gasteiger partial charge in [0.25, 0.3) is 0 Å². The van der Waals surface area contributed by atoms with Crippen LogP contribution in [0.4, 0.5) is 0 Å². The standard InChI is InChI=1S/C11H18N2/c1-4-9-8-5-6-11(2,3)7-10(8)13-12-9/h4-7H2,1-3H3,(H,12,13). The zero-order valence-electron chi connectivity index (χ0n) is 8.78. The van der Waals surface area contributed by atoms with Crippen LogP contribution < -0.4 is 0 Å². The predicted molar refractivity (Wildman–Crippen MR) is 53.8 cm³/mol. The summed E-state index contributed by atoms with van der Waals surface area (Å²) in [6.45, 7) is 6.85. The number of H-pyrrole nitrogens is 1. The largest absolute Gasteiger partial charge is 0.282 e. The molecule has 2 heteroatoms. The Labute approximate surface area is 79.7 Å². The Morgan fingerprint density at radius 1 is 1.46 bits per heavy atom. The van der Waals surface area contributed by atoms with E-state index in [2.05, 4.69) is 31.0 Å². The van der Waals surface area contributed by atoms with E-state index < -0.39 is 0 Å². The minimum absolute atomic E-state index is 0.463. The van der Waals surface area contributed by atoms with Gasteiger partial charge in [0.05, 0.1) is 5.69 Å². The van der Waals surface area contributed by atoms with Crippen LogP contribution in [0.2, 0.25) is 0 Å². The van der Waals surface area contributed by atoms with Crippen LogP contribution in [0.5, 0.6) is 0 Å². The lowest BCUT2D eigenvalue weighted by molar-refractivity contribution is 0.311. The van der Waals surface area contributed by atoms with Crippen molar-refractivity contribution in [3.8, 4) is 0 Å². The smallest absolute Gasteiger partial charge is 0.0654 e. The fourth-order valence-electron chi connectivity index (χ4n) is 2.21. The molecule has 1 aliphatic rings. The highest BCUT2D eigenvalue weighted by Gasteiger charge is 2.27. The highest BCUT2D eigenvalue weighted by molar-refractivity contribution is 5.28. The van der Waals surface area contributed by atoms with Crippen molar-refractivity contribution in [2.45, 2.75) is 46.5 Å². The van der Waals surface area contributed by atoms with Gasteiger partial charge in [-0.2, -0.15) is 5.10 Å². The molecule has 0 amide bonds. The van der Waals surface area contributed by atoms with E-state index >= 15 is 0 Å². The maximum absolute atomic E-state index is 4.36. The third-order valence-electron chi connectivity index (χ3n) is 3.08. The van der Waals surface area contributed by atoms with Crippen molar-refractivity contribution >= 4 is 0 Å².